The highest BCUT2D eigenvalue weighted by Gasteiger charge is 2.29. The van der Waals surface area contributed by atoms with Gasteiger partial charge in [-0.05, 0) is 93.8 Å². The van der Waals surface area contributed by atoms with Crippen LogP contribution in [-0.2, 0) is 6.42 Å². The fourth-order valence-corrected chi connectivity index (χ4v) is 5.03. The molecule has 0 fully saturated rings. The number of rotatable bonds is 8. The Hall–Kier alpha value is -5.12. The van der Waals surface area contributed by atoms with Crippen LogP contribution < -0.4 is 15.4 Å². The Balaban J connectivity index is 0.00000255. The van der Waals surface area contributed by atoms with E-state index >= 15 is 0 Å². The molecule has 2 amide bonds. The van der Waals surface area contributed by atoms with Crippen LogP contribution in [0.15, 0.2) is 83.3 Å². The first-order valence-corrected chi connectivity index (χ1v) is 15.7. The maximum Gasteiger partial charge on any atom is 0.389 e. The molecule has 0 aliphatic carbocycles. The summed E-state index contributed by atoms with van der Waals surface area (Å²) in [4.78, 5) is 30.7. The van der Waals surface area contributed by atoms with Gasteiger partial charge in [0.15, 0.2) is 0 Å². The van der Waals surface area contributed by atoms with E-state index in [4.69, 9.17) is 9.15 Å². The molecule has 0 saturated heterocycles. The van der Waals surface area contributed by atoms with Gasteiger partial charge in [-0.2, -0.15) is 13.2 Å². The molecule has 0 unspecified atom stereocenters. The van der Waals surface area contributed by atoms with Gasteiger partial charge in [0.1, 0.15) is 17.3 Å². The zero-order chi connectivity index (χ0) is 35.2. The average molecular weight is 660 g/mol. The van der Waals surface area contributed by atoms with Crippen molar-refractivity contribution in [3.05, 3.63) is 101 Å². The van der Waals surface area contributed by atoms with Gasteiger partial charge in [0, 0.05) is 35.7 Å². The standard InChI is InChI=1S/C36H34F3N3O4.C2H6/c1-21-9-6-7-12-29(21)45-25-15-13-22(14-16-25)31-30(33(44)40-5)27-20-26(28(41-34(27)46-31)17-18-36(37,38)39)23-10-8-11-24(19-23)32(43)42-35(2,3)4;1-2/h6-16,19-20H,17-18H2,1-5H3,(H,40,44)(H,42,43);1-2H3. The smallest absolute Gasteiger partial charge is 0.389 e. The number of nitrogens with one attached hydrogen (secondary N) is 2. The molecule has 0 aliphatic rings. The van der Waals surface area contributed by atoms with Crippen LogP contribution in [0.3, 0.4) is 0 Å². The van der Waals surface area contributed by atoms with Gasteiger partial charge in [-0.15, -0.1) is 0 Å². The SMILES string of the molecule is CC.CNC(=O)c1c(-c2ccc(Oc3ccccc3C)cc2)oc2nc(CCC(F)(F)F)c(-c3cccc(C(=O)NC(C)(C)C)c3)cc12. The lowest BCUT2D eigenvalue weighted by molar-refractivity contribution is -0.134. The lowest BCUT2D eigenvalue weighted by Crippen LogP contribution is -2.40. The molecule has 2 N–H and O–H groups in total. The van der Waals surface area contributed by atoms with Crippen molar-refractivity contribution in [2.24, 2.45) is 0 Å². The highest BCUT2D eigenvalue weighted by Crippen LogP contribution is 2.38. The van der Waals surface area contributed by atoms with Crippen LogP contribution in [-0.4, -0.2) is 35.6 Å². The number of benzene rings is 3. The van der Waals surface area contributed by atoms with Crippen molar-refractivity contribution in [1.29, 1.82) is 0 Å². The fourth-order valence-electron chi connectivity index (χ4n) is 5.03. The molecular formula is C38H40F3N3O4. The minimum Gasteiger partial charge on any atom is -0.457 e. The third-order valence-corrected chi connectivity index (χ3v) is 7.22. The van der Waals surface area contributed by atoms with Gasteiger partial charge in [-0.1, -0.05) is 44.2 Å². The molecule has 0 aliphatic heterocycles. The Morgan fingerprint density at radius 3 is 2.19 bits per heavy atom. The number of nitrogens with zero attached hydrogens (tertiary/aromatic N) is 1. The largest absolute Gasteiger partial charge is 0.457 e. The van der Waals surface area contributed by atoms with E-state index in [1.54, 1.807) is 54.6 Å². The topological polar surface area (TPSA) is 93.5 Å². The van der Waals surface area contributed by atoms with Gasteiger partial charge in [0.05, 0.1) is 16.6 Å². The maximum absolute atomic E-state index is 13.4. The number of para-hydroxylation sites is 1. The number of carbonyl (C=O) groups excluding carboxylic acids is 2. The summed E-state index contributed by atoms with van der Waals surface area (Å²) in [6.07, 6.45) is -5.96. The van der Waals surface area contributed by atoms with E-state index in [1.807, 2.05) is 65.8 Å². The number of fused-ring (bicyclic) bond motifs is 1. The van der Waals surface area contributed by atoms with E-state index < -0.39 is 30.5 Å². The van der Waals surface area contributed by atoms with Crippen LogP contribution in [0.4, 0.5) is 13.2 Å². The number of ether oxygens (including phenoxy) is 1. The Morgan fingerprint density at radius 1 is 0.875 bits per heavy atom. The molecule has 2 aromatic heterocycles. The minimum absolute atomic E-state index is 0.0244. The molecule has 0 atom stereocenters. The average Bonchev–Trinajstić information content (AvgIpc) is 3.42. The van der Waals surface area contributed by atoms with Gasteiger partial charge in [-0.3, -0.25) is 9.59 Å². The molecule has 0 bridgehead atoms. The number of hydrogen-bond donors (Lipinski definition) is 2. The normalized spacial score (nSPS) is 11.5. The van der Waals surface area contributed by atoms with Crippen LogP contribution in [0.1, 0.15) is 73.0 Å². The molecule has 3 aromatic carbocycles. The summed E-state index contributed by atoms with van der Waals surface area (Å²) in [7, 11) is 1.48. The Labute approximate surface area is 278 Å². The van der Waals surface area contributed by atoms with Crippen molar-refractivity contribution < 1.29 is 31.9 Å². The van der Waals surface area contributed by atoms with Crippen molar-refractivity contribution in [3.8, 4) is 33.9 Å². The molecule has 48 heavy (non-hydrogen) atoms. The molecule has 7 nitrogen and oxygen atoms in total. The Morgan fingerprint density at radius 2 is 1.56 bits per heavy atom. The van der Waals surface area contributed by atoms with Gasteiger partial charge >= 0.3 is 6.18 Å². The second-order valence-corrected chi connectivity index (χ2v) is 12.0. The lowest BCUT2D eigenvalue weighted by Gasteiger charge is -2.20. The summed E-state index contributed by atoms with van der Waals surface area (Å²) in [5.74, 6) is 0.699. The number of furan rings is 1. The Kier molecular flexibility index (Phi) is 11.0. The maximum atomic E-state index is 13.4. The summed E-state index contributed by atoms with van der Waals surface area (Å²) in [6, 6.07) is 22.8. The van der Waals surface area contributed by atoms with E-state index in [9.17, 15) is 22.8 Å². The van der Waals surface area contributed by atoms with Crippen LogP contribution in [0.2, 0.25) is 0 Å². The van der Waals surface area contributed by atoms with Crippen LogP contribution >= 0.6 is 0 Å². The highest BCUT2D eigenvalue weighted by molar-refractivity contribution is 6.11. The first kappa shape index (κ1) is 35.7. The highest BCUT2D eigenvalue weighted by atomic mass is 19.4. The minimum atomic E-state index is -4.42. The van der Waals surface area contributed by atoms with E-state index in [1.165, 1.54) is 7.05 Å². The van der Waals surface area contributed by atoms with Crippen LogP contribution in [0, 0.1) is 6.92 Å². The third kappa shape index (κ3) is 8.61. The molecule has 10 heteroatoms. The second kappa shape index (κ2) is 14.8. The predicted molar refractivity (Wildman–Crippen MR) is 182 cm³/mol. The number of hydrogen-bond acceptors (Lipinski definition) is 5. The number of carbonyl (C=O) groups is 2. The second-order valence-electron chi connectivity index (χ2n) is 12.0. The summed E-state index contributed by atoms with van der Waals surface area (Å²) >= 11 is 0. The fraction of sp³-hybridized carbons (Fsp3) is 0.289. The monoisotopic (exact) mass is 659 g/mol. The zero-order valence-corrected chi connectivity index (χ0v) is 28.1. The first-order chi connectivity index (χ1) is 22.7. The summed E-state index contributed by atoms with van der Waals surface area (Å²) in [6.45, 7) is 11.5. The van der Waals surface area contributed by atoms with Crippen LogP contribution in [0.5, 0.6) is 11.5 Å². The Bertz CT molecular complexity index is 1910. The molecule has 5 rings (SSSR count). The predicted octanol–water partition coefficient (Wildman–Crippen LogP) is 9.67. The van der Waals surface area contributed by atoms with E-state index in [0.29, 0.717) is 39.1 Å². The molecule has 0 radical (unpaired) electrons. The summed E-state index contributed by atoms with van der Waals surface area (Å²) in [5, 5.41) is 5.85. The third-order valence-electron chi connectivity index (χ3n) is 7.22. The number of halogens is 3. The van der Waals surface area contributed by atoms with E-state index in [0.717, 1.165) is 5.56 Å². The molecule has 5 aromatic rings. The first-order valence-electron chi connectivity index (χ1n) is 15.7. The van der Waals surface area contributed by atoms with Crippen LogP contribution in [0.25, 0.3) is 33.6 Å². The van der Waals surface area contributed by atoms with Crippen molar-refractivity contribution >= 4 is 22.9 Å². The van der Waals surface area contributed by atoms with Crippen molar-refractivity contribution in [2.45, 2.75) is 66.1 Å². The van der Waals surface area contributed by atoms with Gasteiger partial charge < -0.3 is 19.8 Å². The van der Waals surface area contributed by atoms with Gasteiger partial charge in [0.2, 0.25) is 5.71 Å². The molecule has 0 saturated carbocycles. The van der Waals surface area contributed by atoms with Crippen molar-refractivity contribution in [3.63, 3.8) is 0 Å². The lowest BCUT2D eigenvalue weighted by atomic mass is 9.96. The zero-order valence-electron chi connectivity index (χ0n) is 28.1. The van der Waals surface area contributed by atoms with Gasteiger partial charge in [-0.25, -0.2) is 4.98 Å². The number of aryl methyl sites for hydroxylation is 2. The van der Waals surface area contributed by atoms with Crippen molar-refractivity contribution in [1.82, 2.24) is 15.6 Å². The number of aromatic nitrogens is 1. The number of amides is 2. The van der Waals surface area contributed by atoms with E-state index in [2.05, 4.69) is 15.6 Å². The molecule has 252 valence electrons. The number of alkyl halides is 3. The quantitative estimate of drug-likeness (QED) is 0.173. The molecular weight excluding hydrogens is 619 g/mol. The number of pyridine rings is 1. The molecule has 0 spiro atoms. The van der Waals surface area contributed by atoms with Gasteiger partial charge in [0.25, 0.3) is 11.8 Å². The summed E-state index contributed by atoms with van der Waals surface area (Å²) < 4.78 is 52.3. The van der Waals surface area contributed by atoms with E-state index in [-0.39, 0.29) is 28.6 Å². The molecule has 2 heterocycles. The summed E-state index contributed by atoms with van der Waals surface area (Å²) in [5.41, 5.74) is 2.54. The van der Waals surface area contributed by atoms with Crippen molar-refractivity contribution in [2.75, 3.05) is 7.05 Å².